The number of likely N-dealkylation sites (tertiary alicyclic amines) is 1. The molecule has 2 aromatic carbocycles. The maximum absolute atomic E-state index is 13.3. The van der Waals surface area contributed by atoms with E-state index in [1.807, 2.05) is 72.7 Å². The van der Waals surface area contributed by atoms with Gasteiger partial charge in [0.15, 0.2) is 5.65 Å². The SMILES string of the molecule is CN(C(=O)CN1CCC(c2nnc3ccccn23)CC1)C(c1ccccc1)c1ccccc1. The Hall–Kier alpha value is -3.51. The minimum Gasteiger partial charge on any atom is -0.334 e. The van der Waals surface area contributed by atoms with Crippen molar-refractivity contribution < 1.29 is 4.79 Å². The molecule has 1 fully saturated rings. The van der Waals surface area contributed by atoms with Crippen molar-refractivity contribution in [3.8, 4) is 0 Å². The van der Waals surface area contributed by atoms with Crippen LogP contribution < -0.4 is 0 Å². The average Bonchev–Trinajstić information content (AvgIpc) is 3.30. The fraction of sp³-hybridized carbons (Fsp3) is 0.296. The lowest BCUT2D eigenvalue weighted by molar-refractivity contribution is -0.132. The summed E-state index contributed by atoms with van der Waals surface area (Å²) in [6.45, 7) is 2.20. The molecule has 3 heterocycles. The lowest BCUT2D eigenvalue weighted by Crippen LogP contribution is -2.43. The van der Waals surface area contributed by atoms with E-state index in [4.69, 9.17) is 0 Å². The molecule has 1 saturated heterocycles. The molecule has 6 nitrogen and oxygen atoms in total. The first-order valence-electron chi connectivity index (χ1n) is 11.6. The number of hydrogen-bond donors (Lipinski definition) is 0. The van der Waals surface area contributed by atoms with Crippen LogP contribution in [0.15, 0.2) is 85.1 Å². The van der Waals surface area contributed by atoms with E-state index in [9.17, 15) is 4.79 Å². The highest BCUT2D eigenvalue weighted by molar-refractivity contribution is 5.79. The van der Waals surface area contributed by atoms with Gasteiger partial charge < -0.3 is 4.90 Å². The Labute approximate surface area is 194 Å². The number of carbonyl (C=O) groups excluding carboxylic acids is 1. The number of amides is 1. The maximum atomic E-state index is 13.3. The van der Waals surface area contributed by atoms with Crippen molar-refractivity contribution >= 4 is 11.6 Å². The summed E-state index contributed by atoms with van der Waals surface area (Å²) in [7, 11) is 1.92. The van der Waals surface area contributed by atoms with Crippen molar-refractivity contribution in [1.82, 2.24) is 24.4 Å². The molecule has 0 spiro atoms. The van der Waals surface area contributed by atoms with Gasteiger partial charge in [0.25, 0.3) is 0 Å². The number of likely N-dealkylation sites (N-methyl/N-ethyl adjacent to an activating group) is 1. The number of piperidine rings is 1. The van der Waals surface area contributed by atoms with Crippen molar-refractivity contribution in [2.45, 2.75) is 24.8 Å². The van der Waals surface area contributed by atoms with E-state index < -0.39 is 0 Å². The minimum atomic E-state index is -0.0974. The third kappa shape index (κ3) is 4.52. The third-order valence-electron chi connectivity index (χ3n) is 6.66. The van der Waals surface area contributed by atoms with Gasteiger partial charge in [0.05, 0.1) is 12.6 Å². The average molecular weight is 440 g/mol. The van der Waals surface area contributed by atoms with Gasteiger partial charge in [-0.3, -0.25) is 14.1 Å². The van der Waals surface area contributed by atoms with Crippen molar-refractivity contribution in [2.24, 2.45) is 0 Å². The second-order valence-electron chi connectivity index (χ2n) is 8.77. The molecule has 6 heteroatoms. The molecule has 0 aliphatic carbocycles. The van der Waals surface area contributed by atoms with Crippen LogP contribution in [0.2, 0.25) is 0 Å². The summed E-state index contributed by atoms with van der Waals surface area (Å²) >= 11 is 0. The molecule has 0 radical (unpaired) electrons. The predicted octanol–water partition coefficient (Wildman–Crippen LogP) is 4.16. The summed E-state index contributed by atoms with van der Waals surface area (Å²) in [6, 6.07) is 26.4. The fourth-order valence-electron chi connectivity index (χ4n) is 4.84. The van der Waals surface area contributed by atoms with Crippen LogP contribution in [0.25, 0.3) is 5.65 Å². The first-order chi connectivity index (χ1) is 16.2. The summed E-state index contributed by atoms with van der Waals surface area (Å²) in [5, 5.41) is 8.74. The number of benzene rings is 2. The molecule has 1 aliphatic heterocycles. The number of aromatic nitrogens is 3. The topological polar surface area (TPSA) is 53.7 Å². The van der Waals surface area contributed by atoms with E-state index in [1.165, 1.54) is 0 Å². The normalized spacial score (nSPS) is 15.2. The largest absolute Gasteiger partial charge is 0.334 e. The van der Waals surface area contributed by atoms with Gasteiger partial charge in [-0.25, -0.2) is 0 Å². The Morgan fingerprint density at radius 2 is 1.52 bits per heavy atom. The second kappa shape index (κ2) is 9.55. The first-order valence-corrected chi connectivity index (χ1v) is 11.6. The molecule has 0 saturated carbocycles. The van der Waals surface area contributed by atoms with Crippen LogP contribution in [-0.2, 0) is 4.79 Å². The van der Waals surface area contributed by atoms with Crippen LogP contribution >= 0.6 is 0 Å². The molecule has 1 aliphatic rings. The van der Waals surface area contributed by atoms with Gasteiger partial charge in [-0.05, 0) is 49.2 Å². The smallest absolute Gasteiger partial charge is 0.237 e. The van der Waals surface area contributed by atoms with E-state index in [1.54, 1.807) is 0 Å². The minimum absolute atomic E-state index is 0.0974. The Balaban J connectivity index is 1.25. The van der Waals surface area contributed by atoms with Gasteiger partial charge in [0.2, 0.25) is 5.91 Å². The van der Waals surface area contributed by atoms with Gasteiger partial charge in [0.1, 0.15) is 5.82 Å². The standard InChI is InChI=1S/C27H29N5O/c1-30(26(21-10-4-2-5-11-21)22-12-6-3-7-13-22)25(33)20-31-18-15-23(16-19-31)27-29-28-24-14-8-9-17-32(24)27/h2-14,17,23,26H,15-16,18-20H2,1H3. The summed E-state index contributed by atoms with van der Waals surface area (Å²) in [6.07, 6.45) is 3.99. The molecule has 0 atom stereocenters. The van der Waals surface area contributed by atoms with Crippen molar-refractivity contribution in [3.63, 3.8) is 0 Å². The molecule has 33 heavy (non-hydrogen) atoms. The summed E-state index contributed by atoms with van der Waals surface area (Å²) in [5.74, 6) is 1.54. The molecular weight excluding hydrogens is 410 g/mol. The summed E-state index contributed by atoms with van der Waals surface area (Å²) < 4.78 is 2.09. The molecular formula is C27H29N5O. The van der Waals surface area contributed by atoms with Crippen LogP contribution in [0, 0.1) is 0 Å². The highest BCUT2D eigenvalue weighted by atomic mass is 16.2. The van der Waals surface area contributed by atoms with E-state index in [2.05, 4.69) is 43.8 Å². The summed E-state index contributed by atoms with van der Waals surface area (Å²) in [4.78, 5) is 17.5. The molecule has 0 N–H and O–H groups in total. The van der Waals surface area contributed by atoms with Gasteiger partial charge in [-0.2, -0.15) is 0 Å². The molecule has 2 aromatic heterocycles. The van der Waals surface area contributed by atoms with Crippen LogP contribution in [0.3, 0.4) is 0 Å². The number of carbonyl (C=O) groups is 1. The monoisotopic (exact) mass is 439 g/mol. The Morgan fingerprint density at radius 1 is 0.909 bits per heavy atom. The fourth-order valence-corrected chi connectivity index (χ4v) is 4.84. The van der Waals surface area contributed by atoms with Crippen LogP contribution in [0.1, 0.15) is 41.8 Å². The van der Waals surface area contributed by atoms with Crippen LogP contribution in [-0.4, -0.2) is 57.0 Å². The van der Waals surface area contributed by atoms with E-state index >= 15 is 0 Å². The lowest BCUT2D eigenvalue weighted by atomic mass is 9.95. The lowest BCUT2D eigenvalue weighted by Gasteiger charge is -2.34. The molecule has 0 unspecified atom stereocenters. The van der Waals surface area contributed by atoms with E-state index in [0.29, 0.717) is 12.5 Å². The van der Waals surface area contributed by atoms with Gasteiger partial charge >= 0.3 is 0 Å². The summed E-state index contributed by atoms with van der Waals surface area (Å²) in [5.41, 5.74) is 3.13. The molecule has 0 bridgehead atoms. The van der Waals surface area contributed by atoms with E-state index in [0.717, 1.165) is 48.5 Å². The number of nitrogens with zero attached hydrogens (tertiary/aromatic N) is 5. The maximum Gasteiger partial charge on any atom is 0.237 e. The Bertz CT molecular complexity index is 1160. The van der Waals surface area contributed by atoms with E-state index in [-0.39, 0.29) is 11.9 Å². The number of fused-ring (bicyclic) bond motifs is 1. The highest BCUT2D eigenvalue weighted by Gasteiger charge is 2.28. The first kappa shape index (κ1) is 21.3. The Morgan fingerprint density at radius 3 is 2.15 bits per heavy atom. The predicted molar refractivity (Wildman–Crippen MR) is 129 cm³/mol. The zero-order chi connectivity index (χ0) is 22.6. The van der Waals surface area contributed by atoms with Gasteiger partial charge in [-0.15, -0.1) is 10.2 Å². The second-order valence-corrected chi connectivity index (χ2v) is 8.77. The third-order valence-corrected chi connectivity index (χ3v) is 6.66. The number of pyridine rings is 1. The quantitative estimate of drug-likeness (QED) is 0.453. The molecule has 5 rings (SSSR count). The molecule has 168 valence electrons. The van der Waals surface area contributed by atoms with Crippen molar-refractivity contribution in [3.05, 3.63) is 102 Å². The number of hydrogen-bond acceptors (Lipinski definition) is 4. The molecule has 1 amide bonds. The van der Waals surface area contributed by atoms with Gasteiger partial charge in [0, 0.05) is 19.2 Å². The Kier molecular flexibility index (Phi) is 6.17. The number of rotatable bonds is 6. The van der Waals surface area contributed by atoms with Crippen molar-refractivity contribution in [1.29, 1.82) is 0 Å². The van der Waals surface area contributed by atoms with Crippen molar-refractivity contribution in [2.75, 3.05) is 26.7 Å². The highest BCUT2D eigenvalue weighted by Crippen LogP contribution is 2.29. The molecule has 4 aromatic rings. The zero-order valence-corrected chi connectivity index (χ0v) is 18.9. The van der Waals surface area contributed by atoms with Crippen LogP contribution in [0.4, 0.5) is 0 Å². The van der Waals surface area contributed by atoms with Gasteiger partial charge in [-0.1, -0.05) is 66.7 Å². The zero-order valence-electron chi connectivity index (χ0n) is 18.9. The van der Waals surface area contributed by atoms with Crippen LogP contribution in [0.5, 0.6) is 0 Å².